The highest BCUT2D eigenvalue weighted by Gasteiger charge is 2.36. The molecule has 3 heterocycles. The van der Waals surface area contributed by atoms with Crippen LogP contribution in [0.3, 0.4) is 0 Å². The van der Waals surface area contributed by atoms with Gasteiger partial charge >= 0.3 is 0 Å². The van der Waals surface area contributed by atoms with Crippen LogP contribution < -0.4 is 24.8 Å². The molecule has 3 atom stereocenters. The number of hydrogen-bond acceptors (Lipinski definition) is 8. The highest BCUT2D eigenvalue weighted by atomic mass is 35.5. The number of quaternary nitrogens is 1. The number of aromatic nitrogens is 2. The van der Waals surface area contributed by atoms with Gasteiger partial charge in [-0.15, -0.1) is 0 Å². The van der Waals surface area contributed by atoms with E-state index in [0.717, 1.165) is 74.5 Å². The second-order valence-corrected chi connectivity index (χ2v) is 19.7. The number of carbonyl (C=O) groups is 1. The molecule has 60 heavy (non-hydrogen) atoms. The van der Waals surface area contributed by atoms with Gasteiger partial charge in [-0.2, -0.15) is 0 Å². The van der Waals surface area contributed by atoms with Crippen molar-refractivity contribution in [2.45, 2.75) is 50.8 Å². The number of anilines is 1. The third kappa shape index (κ3) is 8.70. The largest absolute Gasteiger partial charge is 0.487 e. The van der Waals surface area contributed by atoms with Gasteiger partial charge in [0.25, 0.3) is 15.9 Å². The van der Waals surface area contributed by atoms with E-state index in [1.54, 1.807) is 24.5 Å². The minimum Gasteiger partial charge on any atom is -0.487 e. The predicted octanol–water partition coefficient (Wildman–Crippen LogP) is 8.38. The Balaban J connectivity index is 0.910. The number of carbonyl (C=O) groups excluding carboxylic acids is 1. The molecule has 1 saturated heterocycles. The third-order valence-corrected chi connectivity index (χ3v) is 14.4. The number of pyridine rings is 1. The number of nitrogens with zero attached hydrogens (tertiary/aromatic N) is 3. The molecule has 2 bridgehead atoms. The standard InChI is InChI=1S/C47H51ClN6O5S/c1-47(2)15-13-34(41(26-47)31-5-7-36(48)8-6-31)28-53-17-19-54(20-18-53)37-9-11-40(44(24-37)59-38-23-33-14-16-50-45(33)51-27-38)46(55)52-60(56,57)39-10-12-43(42(49)25-39)58-29-35-22-30-3-4-32(35)21-30/h3-12,14,16,23-25,27,30,32,35H,13,15,17-22,26,28-29,49H2,1-2H3,(H,50,51)(H,52,55)/p+1/t30-,32+,35?/m0/s1. The zero-order chi connectivity index (χ0) is 41.6. The van der Waals surface area contributed by atoms with Gasteiger partial charge in [-0.3, -0.25) is 9.69 Å². The maximum Gasteiger partial charge on any atom is 0.268 e. The van der Waals surface area contributed by atoms with Gasteiger partial charge in [-0.25, -0.2) is 18.1 Å². The van der Waals surface area contributed by atoms with Crippen molar-refractivity contribution in [3.63, 3.8) is 0 Å². The summed E-state index contributed by atoms with van der Waals surface area (Å²) < 4.78 is 42.1. The minimum atomic E-state index is -4.28. The zero-order valence-corrected chi connectivity index (χ0v) is 35.7. The highest BCUT2D eigenvalue weighted by Crippen LogP contribution is 2.45. The first-order valence-corrected chi connectivity index (χ1v) is 22.8. The summed E-state index contributed by atoms with van der Waals surface area (Å²) in [6.07, 6.45) is 13.5. The van der Waals surface area contributed by atoms with E-state index in [-0.39, 0.29) is 21.6 Å². The fraction of sp³-hybridized carbons (Fsp3) is 0.362. The molecule has 1 amide bonds. The van der Waals surface area contributed by atoms with Crippen LogP contribution in [0.15, 0.2) is 108 Å². The number of allylic oxidation sites excluding steroid dienone is 3. The number of rotatable bonds is 12. The number of fused-ring (bicyclic) bond motifs is 3. The van der Waals surface area contributed by atoms with Gasteiger partial charge in [0.2, 0.25) is 0 Å². The van der Waals surface area contributed by atoms with Gasteiger partial charge in [0, 0.05) is 67.1 Å². The second-order valence-electron chi connectivity index (χ2n) is 17.6. The molecule has 5 N–H and O–H groups in total. The van der Waals surface area contributed by atoms with Crippen LogP contribution in [-0.2, 0) is 10.0 Å². The van der Waals surface area contributed by atoms with Crippen molar-refractivity contribution in [1.29, 1.82) is 0 Å². The monoisotopic (exact) mass is 847 g/mol. The first kappa shape index (κ1) is 40.3. The molecule has 1 saturated carbocycles. The molecule has 1 aliphatic heterocycles. The van der Waals surface area contributed by atoms with Crippen LogP contribution in [0.1, 0.15) is 61.9 Å². The molecule has 0 spiro atoms. The van der Waals surface area contributed by atoms with Crippen LogP contribution in [0.2, 0.25) is 5.02 Å². The fourth-order valence-electron chi connectivity index (χ4n) is 9.36. The SMILES string of the molecule is CC1(C)CCC(CN2CCN(c3ccc(C(=O)NS(=O)(=O)c4ccc(OCC5C[C@H]6C=C[C@@H]5C6)c([NH3+])c4)c(Oc4cnc5[nH]ccc5c4)c3)CC2)=C(c2ccc(Cl)cc2)C1. The average Bonchev–Trinajstić information content (AvgIpc) is 4.00. The number of benzene rings is 3. The van der Waals surface area contributed by atoms with Gasteiger partial charge in [0.1, 0.15) is 17.1 Å². The number of sulfonamides is 1. The average molecular weight is 848 g/mol. The normalized spacial score (nSPS) is 21.5. The number of halogens is 1. The number of hydrogen-bond donors (Lipinski definition) is 3. The van der Waals surface area contributed by atoms with Crippen molar-refractivity contribution in [1.82, 2.24) is 19.6 Å². The van der Waals surface area contributed by atoms with Crippen molar-refractivity contribution < 1.29 is 28.4 Å². The van der Waals surface area contributed by atoms with Crippen molar-refractivity contribution in [3.05, 3.63) is 119 Å². The van der Waals surface area contributed by atoms with Crippen LogP contribution >= 0.6 is 11.6 Å². The number of piperazine rings is 1. The van der Waals surface area contributed by atoms with E-state index in [0.29, 0.717) is 47.2 Å². The van der Waals surface area contributed by atoms with Crippen molar-refractivity contribution >= 4 is 55.5 Å². The summed E-state index contributed by atoms with van der Waals surface area (Å²) in [6.45, 7) is 9.46. The van der Waals surface area contributed by atoms with E-state index in [9.17, 15) is 13.2 Å². The van der Waals surface area contributed by atoms with Crippen LogP contribution in [0, 0.1) is 23.2 Å². The Morgan fingerprint density at radius 3 is 2.55 bits per heavy atom. The summed E-state index contributed by atoms with van der Waals surface area (Å²) >= 11 is 6.25. The molecular formula is C47H52ClN6O5S+. The molecular weight excluding hydrogens is 796 g/mol. The lowest BCUT2D eigenvalue weighted by molar-refractivity contribution is -0.257. The molecule has 2 aromatic heterocycles. The smallest absolute Gasteiger partial charge is 0.268 e. The Kier molecular flexibility index (Phi) is 11.0. The fourth-order valence-corrected chi connectivity index (χ4v) is 10.5. The lowest BCUT2D eigenvalue weighted by Crippen LogP contribution is -2.47. The molecule has 5 aromatic rings. The third-order valence-electron chi connectivity index (χ3n) is 12.8. The number of H-pyrrole nitrogens is 1. The summed E-state index contributed by atoms with van der Waals surface area (Å²) in [6, 6.07) is 21.8. The van der Waals surface area contributed by atoms with E-state index < -0.39 is 15.9 Å². The Bertz CT molecular complexity index is 2600. The first-order valence-electron chi connectivity index (χ1n) is 20.9. The Labute approximate surface area is 356 Å². The van der Waals surface area contributed by atoms with Crippen LogP contribution in [0.4, 0.5) is 11.4 Å². The van der Waals surface area contributed by atoms with E-state index in [4.69, 9.17) is 21.1 Å². The van der Waals surface area contributed by atoms with E-state index in [1.807, 2.05) is 36.4 Å². The van der Waals surface area contributed by atoms with Gasteiger partial charge in [0.05, 0.1) is 23.3 Å². The molecule has 3 aromatic carbocycles. The summed E-state index contributed by atoms with van der Waals surface area (Å²) in [5.41, 5.74) is 10.6. The maximum absolute atomic E-state index is 13.9. The van der Waals surface area contributed by atoms with Gasteiger partial charge in [0.15, 0.2) is 11.4 Å². The van der Waals surface area contributed by atoms with Crippen LogP contribution in [0.5, 0.6) is 17.2 Å². The van der Waals surface area contributed by atoms with E-state index >= 15 is 0 Å². The lowest BCUT2D eigenvalue weighted by Gasteiger charge is -2.39. The van der Waals surface area contributed by atoms with Gasteiger partial charge < -0.3 is 25.1 Å². The lowest BCUT2D eigenvalue weighted by atomic mass is 9.72. The summed E-state index contributed by atoms with van der Waals surface area (Å²) in [5.74, 6) is 1.98. The minimum absolute atomic E-state index is 0.0757. The van der Waals surface area contributed by atoms with Crippen molar-refractivity contribution in [2.24, 2.45) is 23.2 Å². The van der Waals surface area contributed by atoms with Crippen molar-refractivity contribution in [3.8, 4) is 17.2 Å². The quantitative estimate of drug-likeness (QED) is 0.106. The number of ether oxygens (including phenoxy) is 2. The molecule has 9 rings (SSSR count). The summed E-state index contributed by atoms with van der Waals surface area (Å²) in [4.78, 5) is 26.2. The number of nitrogens with one attached hydrogen (secondary N) is 2. The molecule has 2 fully saturated rings. The molecule has 3 aliphatic carbocycles. The molecule has 0 radical (unpaired) electrons. The van der Waals surface area contributed by atoms with Gasteiger partial charge in [-0.05, 0) is 115 Å². The molecule has 312 valence electrons. The van der Waals surface area contributed by atoms with Crippen LogP contribution in [0.25, 0.3) is 16.6 Å². The Morgan fingerprint density at radius 1 is 0.983 bits per heavy atom. The summed E-state index contributed by atoms with van der Waals surface area (Å²) in [5, 5.41) is 1.59. The Hall–Kier alpha value is -5.14. The zero-order valence-electron chi connectivity index (χ0n) is 34.1. The van der Waals surface area contributed by atoms with Crippen LogP contribution in [-0.4, -0.2) is 68.5 Å². The maximum atomic E-state index is 13.9. The van der Waals surface area contributed by atoms with Gasteiger partial charge in [-0.1, -0.05) is 55.3 Å². The number of amides is 1. The molecule has 4 aliphatic rings. The molecule has 13 heteroatoms. The second kappa shape index (κ2) is 16.4. The molecule has 1 unspecified atom stereocenters. The number of aromatic amines is 1. The van der Waals surface area contributed by atoms with Crippen molar-refractivity contribution in [2.75, 3.05) is 44.2 Å². The highest BCUT2D eigenvalue weighted by molar-refractivity contribution is 7.90. The molecule has 11 nitrogen and oxygen atoms in total. The Morgan fingerprint density at radius 2 is 1.80 bits per heavy atom. The van der Waals surface area contributed by atoms with E-state index in [2.05, 4.69) is 68.4 Å². The summed E-state index contributed by atoms with van der Waals surface area (Å²) in [7, 11) is -4.28. The first-order chi connectivity index (χ1) is 28.9. The van der Waals surface area contributed by atoms with E-state index in [1.165, 1.54) is 35.3 Å². The predicted molar refractivity (Wildman–Crippen MR) is 235 cm³/mol. The topological polar surface area (TPSA) is 144 Å².